The number of H-pyrrole nitrogens is 1. The zero-order valence-electron chi connectivity index (χ0n) is 23.3. The molecule has 1 aromatic carbocycles. The maximum absolute atomic E-state index is 14.2. The summed E-state index contributed by atoms with van der Waals surface area (Å²) in [5.41, 5.74) is 11.1. The third-order valence-corrected chi connectivity index (χ3v) is 9.54. The molecule has 1 aliphatic carbocycles. The van der Waals surface area contributed by atoms with Crippen LogP contribution in [0.4, 0.5) is 4.39 Å². The van der Waals surface area contributed by atoms with E-state index in [2.05, 4.69) is 39.9 Å². The van der Waals surface area contributed by atoms with Crippen molar-refractivity contribution in [3.8, 4) is 5.75 Å². The van der Waals surface area contributed by atoms with Crippen molar-refractivity contribution in [1.29, 1.82) is 0 Å². The van der Waals surface area contributed by atoms with E-state index in [1.807, 2.05) is 11.8 Å². The minimum absolute atomic E-state index is 0.0713. The molecule has 0 radical (unpaired) electrons. The van der Waals surface area contributed by atoms with Crippen LogP contribution in [0.25, 0.3) is 0 Å². The highest BCUT2D eigenvalue weighted by atomic mass is 19.1. The average Bonchev–Trinajstić information content (AvgIpc) is 3.57. The van der Waals surface area contributed by atoms with Crippen LogP contribution in [0.1, 0.15) is 80.3 Å². The number of aromatic amines is 1. The zero-order chi connectivity index (χ0) is 27.3. The number of phenolic OH excluding ortho intramolecular Hbond substituents is 1. The number of amides is 1. The summed E-state index contributed by atoms with van der Waals surface area (Å²) in [6.45, 7) is 10.5. The molecular weight excluding hydrogens is 497 g/mol. The minimum atomic E-state index is -0.538. The molecule has 0 spiro atoms. The van der Waals surface area contributed by atoms with Crippen molar-refractivity contribution in [3.05, 3.63) is 46.3 Å². The number of piperazine rings is 1. The Labute approximate surface area is 229 Å². The number of aryl methyl sites for hydroxylation is 1. The van der Waals surface area contributed by atoms with Gasteiger partial charge in [-0.1, -0.05) is 6.92 Å². The number of hydrogen-bond acceptors (Lipinski definition) is 7. The normalized spacial score (nSPS) is 29.5. The van der Waals surface area contributed by atoms with Crippen molar-refractivity contribution in [3.63, 3.8) is 0 Å². The highest BCUT2D eigenvalue weighted by Gasteiger charge is 2.43. The fraction of sp³-hybridized carbons (Fsp3) is 0.655. The number of hydrogen-bond donors (Lipinski definition) is 5. The number of aromatic hydroxyl groups is 1. The number of benzene rings is 1. The molecule has 1 saturated carbocycles. The number of nitrogens with zero attached hydrogens (tertiary/aromatic N) is 3. The van der Waals surface area contributed by atoms with E-state index in [4.69, 9.17) is 4.98 Å². The van der Waals surface area contributed by atoms with Crippen molar-refractivity contribution in [2.45, 2.75) is 89.5 Å². The molecular formula is C29H42FN7O2. The van der Waals surface area contributed by atoms with Gasteiger partial charge < -0.3 is 15.0 Å². The number of imidazole rings is 1. The smallest absolute Gasteiger partial charge is 0.240 e. The van der Waals surface area contributed by atoms with Crippen LogP contribution in [0, 0.1) is 11.7 Å². The topological polar surface area (TPSA) is 109 Å². The first-order valence-corrected chi connectivity index (χ1v) is 14.7. The highest BCUT2D eigenvalue weighted by molar-refractivity contribution is 5.82. The van der Waals surface area contributed by atoms with Gasteiger partial charge in [-0.05, 0) is 74.6 Å². The van der Waals surface area contributed by atoms with Gasteiger partial charge in [0.25, 0.3) is 0 Å². The molecule has 5 unspecified atom stereocenters. The molecule has 2 aromatic rings. The van der Waals surface area contributed by atoms with Gasteiger partial charge in [0.15, 0.2) is 11.6 Å². The predicted molar refractivity (Wildman–Crippen MR) is 147 cm³/mol. The molecule has 6 rings (SSSR count). The second-order valence-corrected chi connectivity index (χ2v) is 12.0. The summed E-state index contributed by atoms with van der Waals surface area (Å²) in [7, 11) is 0. The first-order valence-electron chi connectivity index (χ1n) is 14.7. The van der Waals surface area contributed by atoms with Gasteiger partial charge >= 0.3 is 0 Å². The number of halogens is 1. The Morgan fingerprint density at radius 2 is 1.97 bits per heavy atom. The van der Waals surface area contributed by atoms with Crippen molar-refractivity contribution in [2.75, 3.05) is 26.2 Å². The van der Waals surface area contributed by atoms with E-state index < -0.39 is 5.82 Å². The Morgan fingerprint density at radius 3 is 2.72 bits per heavy atom. The summed E-state index contributed by atoms with van der Waals surface area (Å²) in [5.74, 6) is 0.952. The van der Waals surface area contributed by atoms with Gasteiger partial charge in [0.1, 0.15) is 5.82 Å². The minimum Gasteiger partial charge on any atom is -0.505 e. The van der Waals surface area contributed by atoms with Gasteiger partial charge in [0.2, 0.25) is 5.91 Å². The summed E-state index contributed by atoms with van der Waals surface area (Å²) in [4.78, 5) is 26.3. The maximum Gasteiger partial charge on any atom is 0.240 e. The fourth-order valence-corrected chi connectivity index (χ4v) is 7.20. The van der Waals surface area contributed by atoms with Crippen LogP contribution >= 0.6 is 0 Å². The molecule has 0 bridgehead atoms. The largest absolute Gasteiger partial charge is 0.505 e. The van der Waals surface area contributed by atoms with Crippen LogP contribution in [0.15, 0.2) is 12.1 Å². The third-order valence-electron chi connectivity index (χ3n) is 9.54. The number of fused-ring (bicyclic) bond motifs is 2. The molecule has 4 aliphatic rings. The van der Waals surface area contributed by atoms with Crippen LogP contribution < -0.4 is 16.2 Å². The maximum atomic E-state index is 14.2. The summed E-state index contributed by atoms with van der Waals surface area (Å²) in [6, 6.07) is 3.74. The van der Waals surface area contributed by atoms with E-state index in [9.17, 15) is 14.3 Å². The third kappa shape index (κ3) is 5.08. The summed E-state index contributed by atoms with van der Waals surface area (Å²) in [6.07, 6.45) is 4.26. The summed E-state index contributed by atoms with van der Waals surface area (Å²) in [5, 5.41) is 13.3. The molecule has 3 fully saturated rings. The predicted octanol–water partition coefficient (Wildman–Crippen LogP) is 2.49. The Kier molecular flexibility index (Phi) is 7.39. The molecule has 212 valence electrons. The monoisotopic (exact) mass is 539 g/mol. The number of rotatable bonds is 5. The van der Waals surface area contributed by atoms with Crippen LogP contribution in [0.3, 0.4) is 0 Å². The lowest BCUT2D eigenvalue weighted by Crippen LogP contribution is -2.56. The zero-order valence-corrected chi connectivity index (χ0v) is 23.3. The van der Waals surface area contributed by atoms with E-state index in [-0.39, 0.29) is 35.7 Å². The van der Waals surface area contributed by atoms with Gasteiger partial charge in [-0.2, -0.15) is 0 Å². The Hall–Kier alpha value is -2.53. The number of aromatic nitrogens is 2. The lowest BCUT2D eigenvalue weighted by atomic mass is 9.73. The highest BCUT2D eigenvalue weighted by Crippen LogP contribution is 2.44. The molecule has 2 saturated heterocycles. The van der Waals surface area contributed by atoms with Gasteiger partial charge in [0, 0.05) is 51.2 Å². The Bertz CT molecular complexity index is 1210. The molecule has 10 heteroatoms. The molecule has 3 aliphatic heterocycles. The average molecular weight is 540 g/mol. The summed E-state index contributed by atoms with van der Waals surface area (Å²) < 4.78 is 14.2. The quantitative estimate of drug-likeness (QED) is 0.397. The van der Waals surface area contributed by atoms with Gasteiger partial charge in [-0.3, -0.25) is 20.4 Å². The molecule has 5 N–H and O–H groups in total. The lowest BCUT2D eigenvalue weighted by molar-refractivity contribution is -0.135. The van der Waals surface area contributed by atoms with E-state index in [1.165, 1.54) is 6.07 Å². The van der Waals surface area contributed by atoms with E-state index >= 15 is 0 Å². The lowest BCUT2D eigenvalue weighted by Gasteiger charge is -2.38. The SMILES string of the molecule is CCc1cc(O)c(F)cc1C1CCC2C(C1)NNC2c1nc2c([nH]1)CNC(C(=O)N1CCN(C(C)C)CC1)C2. The van der Waals surface area contributed by atoms with Crippen LogP contribution in [0.2, 0.25) is 0 Å². The molecule has 1 aromatic heterocycles. The first kappa shape index (κ1) is 26.7. The van der Waals surface area contributed by atoms with Crippen molar-refractivity contribution < 1.29 is 14.3 Å². The molecule has 9 nitrogen and oxygen atoms in total. The number of carbonyl (C=O) groups is 1. The van der Waals surface area contributed by atoms with E-state index in [0.717, 1.165) is 80.2 Å². The van der Waals surface area contributed by atoms with Crippen molar-refractivity contribution in [1.82, 2.24) is 35.9 Å². The first-order chi connectivity index (χ1) is 18.8. The number of nitrogens with one attached hydrogen (secondary N) is 4. The molecule has 5 atom stereocenters. The van der Waals surface area contributed by atoms with Gasteiger partial charge in [-0.25, -0.2) is 14.8 Å². The molecule has 39 heavy (non-hydrogen) atoms. The van der Waals surface area contributed by atoms with Crippen molar-refractivity contribution in [2.24, 2.45) is 5.92 Å². The standard InChI is InChI=1S/C29H42FN7O2/c1-4-17-12-26(38)21(30)13-20(17)18-5-6-19-22(11-18)34-35-27(19)28-32-23-14-24(31-15-25(23)33-28)29(39)37-9-7-36(8-10-37)16(2)3/h12-13,16,18-19,22,24,27,31,34-35,38H,4-11,14-15H2,1-3H3,(H,32,33). The van der Waals surface area contributed by atoms with Crippen LogP contribution in [-0.2, 0) is 24.2 Å². The number of carbonyl (C=O) groups excluding carboxylic acids is 1. The van der Waals surface area contributed by atoms with Crippen LogP contribution in [-0.4, -0.2) is 75.1 Å². The Balaban J connectivity index is 1.10. The Morgan fingerprint density at radius 1 is 1.18 bits per heavy atom. The fourth-order valence-electron chi connectivity index (χ4n) is 7.20. The number of hydrazine groups is 1. The molecule has 1 amide bonds. The summed E-state index contributed by atoms with van der Waals surface area (Å²) >= 11 is 0. The van der Waals surface area contributed by atoms with E-state index in [0.29, 0.717) is 24.9 Å². The second kappa shape index (κ2) is 10.8. The van der Waals surface area contributed by atoms with Gasteiger partial charge in [0.05, 0.1) is 23.5 Å². The van der Waals surface area contributed by atoms with Crippen LogP contribution in [0.5, 0.6) is 5.75 Å². The second-order valence-electron chi connectivity index (χ2n) is 12.0. The number of phenols is 1. The van der Waals surface area contributed by atoms with Gasteiger partial charge in [-0.15, -0.1) is 0 Å². The van der Waals surface area contributed by atoms with Crippen molar-refractivity contribution >= 4 is 5.91 Å². The van der Waals surface area contributed by atoms with E-state index in [1.54, 1.807) is 6.07 Å². The molecule has 4 heterocycles.